The molecule has 8 heteroatoms. The molecule has 1 unspecified atom stereocenters. The number of Topliss-reactive ketones (excluding diaryl/α,β-unsaturated/α-hetero) is 1. The second kappa shape index (κ2) is 7.22. The SMILES string of the molecule is C[C@]12C[C@H](O)[C@H]3[C@@H](CCC4=CC(=O)CC[C@@]43C)[C@@H]1CC[C@@H]2C(=O)C(O)OS(C)(=O)=O. The standard InChI is InChI=1S/C22H32O7S/c1-21-9-8-13(23)10-12(21)4-5-14-15-6-7-16(19(25)20(26)29-30(3,27)28)22(15,2)11-17(24)18(14)21/h10,14-18,20,24,26H,4-9,11H2,1-3H3/t14-,15-,16+,17-,18+,20?,21-,22-/m0/s1. The van der Waals surface area contributed by atoms with Gasteiger partial charge in [-0.1, -0.05) is 19.4 Å². The molecule has 0 bridgehead atoms. The molecule has 0 aromatic heterocycles. The fourth-order valence-electron chi connectivity index (χ4n) is 7.54. The summed E-state index contributed by atoms with van der Waals surface area (Å²) in [7, 11) is -3.96. The molecule has 8 atom stereocenters. The maximum atomic E-state index is 12.9. The first-order chi connectivity index (χ1) is 13.9. The number of ketones is 2. The molecule has 3 fully saturated rings. The summed E-state index contributed by atoms with van der Waals surface area (Å²) in [5, 5.41) is 21.4. The molecule has 0 aromatic rings. The average molecular weight is 441 g/mol. The molecule has 3 saturated carbocycles. The number of aliphatic hydroxyl groups excluding tert-OH is 2. The van der Waals surface area contributed by atoms with Crippen LogP contribution in [0.2, 0.25) is 0 Å². The summed E-state index contributed by atoms with van der Waals surface area (Å²) in [4.78, 5) is 24.9. The van der Waals surface area contributed by atoms with Gasteiger partial charge in [-0.2, -0.15) is 8.42 Å². The molecule has 7 nitrogen and oxygen atoms in total. The predicted octanol–water partition coefficient (Wildman–Crippen LogP) is 1.97. The van der Waals surface area contributed by atoms with Crippen LogP contribution in [0.3, 0.4) is 0 Å². The summed E-state index contributed by atoms with van der Waals surface area (Å²) in [5.41, 5.74) is 0.449. The first kappa shape index (κ1) is 22.1. The van der Waals surface area contributed by atoms with Gasteiger partial charge in [-0.15, -0.1) is 0 Å². The van der Waals surface area contributed by atoms with Crippen LogP contribution in [0.1, 0.15) is 58.8 Å². The molecule has 0 radical (unpaired) electrons. The molecule has 30 heavy (non-hydrogen) atoms. The maximum Gasteiger partial charge on any atom is 0.267 e. The summed E-state index contributed by atoms with van der Waals surface area (Å²) in [6, 6.07) is 0. The average Bonchev–Trinajstić information content (AvgIpc) is 2.96. The maximum absolute atomic E-state index is 12.9. The van der Waals surface area contributed by atoms with Crippen molar-refractivity contribution < 1.29 is 32.4 Å². The molecule has 0 spiro atoms. The number of hydrogen-bond donors (Lipinski definition) is 2. The zero-order chi connectivity index (χ0) is 22.1. The Morgan fingerprint density at radius 3 is 2.60 bits per heavy atom. The molecule has 0 aliphatic heterocycles. The van der Waals surface area contributed by atoms with Crippen LogP contribution in [0.25, 0.3) is 0 Å². The van der Waals surface area contributed by atoms with Gasteiger partial charge in [0.05, 0.1) is 12.4 Å². The number of allylic oxidation sites excluding steroid dienone is 1. The van der Waals surface area contributed by atoms with E-state index in [1.54, 1.807) is 6.08 Å². The highest BCUT2D eigenvalue weighted by Gasteiger charge is 2.63. The second-order valence-corrected chi connectivity index (χ2v) is 12.0. The van der Waals surface area contributed by atoms with Crippen molar-refractivity contribution in [2.24, 2.45) is 34.5 Å². The predicted molar refractivity (Wildman–Crippen MR) is 109 cm³/mol. The molecular formula is C22H32O7S. The fraction of sp³-hybridized carbons (Fsp3) is 0.818. The Labute approximate surface area is 178 Å². The zero-order valence-corrected chi connectivity index (χ0v) is 18.7. The van der Waals surface area contributed by atoms with Gasteiger partial charge in [0.1, 0.15) is 0 Å². The Balaban J connectivity index is 1.62. The lowest BCUT2D eigenvalue weighted by Gasteiger charge is -2.59. The molecular weight excluding hydrogens is 408 g/mol. The van der Waals surface area contributed by atoms with Crippen molar-refractivity contribution in [2.45, 2.75) is 71.2 Å². The van der Waals surface area contributed by atoms with Crippen LogP contribution in [0.4, 0.5) is 0 Å². The van der Waals surface area contributed by atoms with E-state index in [0.29, 0.717) is 19.3 Å². The van der Waals surface area contributed by atoms with E-state index >= 15 is 0 Å². The molecule has 0 saturated heterocycles. The third-order valence-corrected chi connectivity index (χ3v) is 9.28. The molecule has 0 heterocycles. The van der Waals surface area contributed by atoms with Gasteiger partial charge < -0.3 is 10.2 Å². The lowest BCUT2D eigenvalue weighted by atomic mass is 9.46. The first-order valence-electron chi connectivity index (χ1n) is 10.9. The van der Waals surface area contributed by atoms with Crippen molar-refractivity contribution in [3.05, 3.63) is 11.6 Å². The molecule has 4 aliphatic rings. The van der Waals surface area contributed by atoms with Crippen LogP contribution in [-0.4, -0.2) is 48.8 Å². The van der Waals surface area contributed by atoms with E-state index < -0.39 is 39.6 Å². The van der Waals surface area contributed by atoms with Gasteiger partial charge in [0.15, 0.2) is 11.6 Å². The van der Waals surface area contributed by atoms with E-state index in [-0.39, 0.29) is 29.0 Å². The van der Waals surface area contributed by atoms with Gasteiger partial charge >= 0.3 is 0 Å². The Morgan fingerprint density at radius 1 is 1.23 bits per heavy atom. The molecule has 2 N–H and O–H groups in total. The molecule has 0 amide bonds. The van der Waals surface area contributed by atoms with Crippen LogP contribution in [0.5, 0.6) is 0 Å². The highest BCUT2D eigenvalue weighted by Crippen LogP contribution is 2.66. The summed E-state index contributed by atoms with van der Waals surface area (Å²) in [6.07, 6.45) is 4.74. The van der Waals surface area contributed by atoms with Crippen LogP contribution in [-0.2, 0) is 23.9 Å². The summed E-state index contributed by atoms with van der Waals surface area (Å²) in [5.74, 6) is -0.493. The smallest absolute Gasteiger partial charge is 0.267 e. The minimum atomic E-state index is -3.96. The van der Waals surface area contributed by atoms with E-state index in [1.165, 1.54) is 0 Å². The van der Waals surface area contributed by atoms with Crippen molar-refractivity contribution in [1.82, 2.24) is 0 Å². The van der Waals surface area contributed by atoms with Crippen LogP contribution in [0, 0.1) is 34.5 Å². The number of aliphatic hydroxyl groups is 2. The minimum Gasteiger partial charge on any atom is -0.393 e. The number of carbonyl (C=O) groups excluding carboxylic acids is 2. The molecule has 168 valence electrons. The number of carbonyl (C=O) groups is 2. The van der Waals surface area contributed by atoms with Crippen molar-refractivity contribution >= 4 is 21.7 Å². The van der Waals surface area contributed by atoms with Crippen molar-refractivity contribution in [3.63, 3.8) is 0 Å². The fourth-order valence-corrected chi connectivity index (χ4v) is 7.97. The normalized spacial score (nSPS) is 44.5. The van der Waals surface area contributed by atoms with Gasteiger partial charge in [0, 0.05) is 12.3 Å². The lowest BCUT2D eigenvalue weighted by molar-refractivity contribution is -0.159. The minimum absolute atomic E-state index is 0.0507. The summed E-state index contributed by atoms with van der Waals surface area (Å²) >= 11 is 0. The van der Waals surface area contributed by atoms with Gasteiger partial charge in [0.25, 0.3) is 10.1 Å². The van der Waals surface area contributed by atoms with E-state index in [1.807, 2.05) is 6.92 Å². The largest absolute Gasteiger partial charge is 0.393 e. The Bertz CT molecular complexity index is 893. The summed E-state index contributed by atoms with van der Waals surface area (Å²) in [6.45, 7) is 4.17. The summed E-state index contributed by atoms with van der Waals surface area (Å²) < 4.78 is 27.2. The Hall–Kier alpha value is -1.09. The van der Waals surface area contributed by atoms with Gasteiger partial charge in [-0.3, -0.25) is 9.59 Å². The molecule has 0 aromatic carbocycles. The van der Waals surface area contributed by atoms with E-state index in [0.717, 1.165) is 37.5 Å². The number of rotatable bonds is 4. The molecule has 4 aliphatic carbocycles. The Morgan fingerprint density at radius 2 is 1.93 bits per heavy atom. The van der Waals surface area contributed by atoms with Gasteiger partial charge in [-0.05, 0) is 73.2 Å². The van der Waals surface area contributed by atoms with E-state index in [4.69, 9.17) is 0 Å². The number of fused-ring (bicyclic) bond motifs is 5. The lowest BCUT2D eigenvalue weighted by Crippen LogP contribution is -2.57. The quantitative estimate of drug-likeness (QED) is 0.507. The van der Waals surface area contributed by atoms with Crippen molar-refractivity contribution in [1.29, 1.82) is 0 Å². The second-order valence-electron chi connectivity index (χ2n) is 10.4. The highest BCUT2D eigenvalue weighted by atomic mass is 32.2. The zero-order valence-electron chi connectivity index (χ0n) is 17.8. The van der Waals surface area contributed by atoms with Crippen molar-refractivity contribution in [2.75, 3.05) is 6.26 Å². The third kappa shape index (κ3) is 3.40. The van der Waals surface area contributed by atoms with Gasteiger partial charge in [-0.25, -0.2) is 4.18 Å². The van der Waals surface area contributed by atoms with Crippen LogP contribution in [0.15, 0.2) is 11.6 Å². The molecule has 4 rings (SSSR count). The van der Waals surface area contributed by atoms with E-state index in [2.05, 4.69) is 11.1 Å². The first-order valence-corrected chi connectivity index (χ1v) is 12.7. The number of hydrogen-bond acceptors (Lipinski definition) is 7. The monoisotopic (exact) mass is 440 g/mol. The van der Waals surface area contributed by atoms with Gasteiger partial charge in [0.2, 0.25) is 6.29 Å². The van der Waals surface area contributed by atoms with E-state index in [9.17, 15) is 28.2 Å². The highest BCUT2D eigenvalue weighted by molar-refractivity contribution is 7.86. The topological polar surface area (TPSA) is 118 Å². The van der Waals surface area contributed by atoms with Crippen molar-refractivity contribution in [3.8, 4) is 0 Å². The van der Waals surface area contributed by atoms with Crippen LogP contribution >= 0.6 is 0 Å². The third-order valence-electron chi connectivity index (χ3n) is 8.75. The Kier molecular flexibility index (Phi) is 5.32. The van der Waals surface area contributed by atoms with Crippen LogP contribution < -0.4 is 0 Å².